The molecule has 0 heterocycles. The van der Waals surface area contributed by atoms with Crippen LogP contribution < -0.4 is 10.5 Å². The number of hydrogen-bond acceptors (Lipinski definition) is 6. The first kappa shape index (κ1) is 37.9. The summed E-state index contributed by atoms with van der Waals surface area (Å²) in [6.45, 7) is 2.83. The molecule has 11 nitrogen and oxygen atoms in total. The van der Waals surface area contributed by atoms with E-state index in [9.17, 15) is 52.7 Å². The fourth-order valence-electron chi connectivity index (χ4n) is 1.04. The Morgan fingerprint density at radius 1 is 0.703 bits per heavy atom. The molecule has 0 aromatic heterocycles. The van der Waals surface area contributed by atoms with E-state index >= 15 is 0 Å². The first-order valence-electron chi connectivity index (χ1n) is 8.38. The van der Waals surface area contributed by atoms with Gasteiger partial charge < -0.3 is 21.1 Å². The zero-order chi connectivity index (χ0) is 30.6. The van der Waals surface area contributed by atoms with Crippen molar-refractivity contribution in [3.8, 4) is 0 Å². The highest BCUT2D eigenvalue weighted by atomic mass is 32.2. The maximum Gasteiger partial charge on any atom is 0.490 e. The van der Waals surface area contributed by atoms with Gasteiger partial charge in [0.1, 0.15) is 5.54 Å². The van der Waals surface area contributed by atoms with Crippen molar-refractivity contribution in [3.05, 3.63) is 30.3 Å². The van der Waals surface area contributed by atoms with Crippen molar-refractivity contribution >= 4 is 33.8 Å². The number of primary amides is 1. The van der Waals surface area contributed by atoms with Crippen molar-refractivity contribution in [2.24, 2.45) is 5.73 Å². The van der Waals surface area contributed by atoms with E-state index in [2.05, 4.69) is 4.72 Å². The Balaban J connectivity index is -0.000000463. The van der Waals surface area contributed by atoms with Crippen LogP contribution in [-0.4, -0.2) is 71.6 Å². The van der Waals surface area contributed by atoms with Crippen LogP contribution in [0.3, 0.4) is 0 Å². The van der Waals surface area contributed by atoms with Gasteiger partial charge in [-0.2, -0.15) is 44.2 Å². The van der Waals surface area contributed by atoms with Gasteiger partial charge in [0.25, 0.3) is 0 Å². The summed E-state index contributed by atoms with van der Waals surface area (Å²) in [6.07, 6.45) is -15.3. The maximum atomic E-state index is 11.8. The molecule has 0 atom stereocenters. The molecule has 1 aromatic carbocycles. The Labute approximate surface area is 200 Å². The third kappa shape index (κ3) is 18.3. The minimum Gasteiger partial charge on any atom is -0.475 e. The molecule has 0 radical (unpaired) electrons. The fraction of sp³-hybridized carbons (Fsp3) is 0.375. The second-order valence-electron chi connectivity index (χ2n) is 6.32. The number of alkyl halides is 9. The number of nitrogens with one attached hydrogen (secondary N) is 1. The number of carbonyl (C=O) groups excluding carboxylic acids is 1. The smallest absolute Gasteiger partial charge is 0.475 e. The second-order valence-corrected chi connectivity index (χ2v) is 8.00. The minimum atomic E-state index is -5.08. The fourth-order valence-corrected chi connectivity index (χ4v) is 2.45. The van der Waals surface area contributed by atoms with E-state index in [1.54, 1.807) is 18.2 Å². The highest BCUT2D eigenvalue weighted by Gasteiger charge is 2.39. The summed E-state index contributed by atoms with van der Waals surface area (Å²) in [6, 6.07) is 7.80. The Morgan fingerprint density at radius 2 is 0.946 bits per heavy atom. The second kappa shape index (κ2) is 14.2. The third-order valence-corrected chi connectivity index (χ3v) is 4.46. The molecular formula is C16H17F9N2O9S. The van der Waals surface area contributed by atoms with Crippen LogP contribution in [0.5, 0.6) is 0 Å². The first-order chi connectivity index (χ1) is 16.1. The van der Waals surface area contributed by atoms with Crippen LogP contribution in [0.2, 0.25) is 0 Å². The highest BCUT2D eigenvalue weighted by Crippen LogP contribution is 2.14. The van der Waals surface area contributed by atoms with E-state index in [4.69, 9.17) is 35.4 Å². The van der Waals surface area contributed by atoms with Gasteiger partial charge in [0, 0.05) is 0 Å². The number of hydrogen-bond donors (Lipinski definition) is 5. The van der Waals surface area contributed by atoms with Crippen LogP contribution in [0.4, 0.5) is 39.5 Å². The summed E-state index contributed by atoms with van der Waals surface area (Å²) in [4.78, 5) is 37.8. The Bertz CT molecular complexity index is 964. The molecule has 0 aliphatic rings. The molecule has 0 spiro atoms. The number of carboxylic acids is 3. The number of sulfonamides is 1. The third-order valence-electron chi connectivity index (χ3n) is 2.79. The lowest BCUT2D eigenvalue weighted by atomic mass is 10.1. The van der Waals surface area contributed by atoms with Gasteiger partial charge >= 0.3 is 36.4 Å². The van der Waals surface area contributed by atoms with Gasteiger partial charge in [-0.1, -0.05) is 18.2 Å². The monoisotopic (exact) mass is 584 g/mol. The molecule has 0 saturated heterocycles. The summed E-state index contributed by atoms with van der Waals surface area (Å²) in [7, 11) is -3.71. The molecule has 0 bridgehead atoms. The van der Waals surface area contributed by atoms with Gasteiger partial charge in [-0.15, -0.1) is 0 Å². The van der Waals surface area contributed by atoms with Crippen molar-refractivity contribution in [2.45, 2.75) is 42.8 Å². The lowest BCUT2D eigenvalue weighted by molar-refractivity contribution is -0.193. The SMILES string of the molecule is CC(C)(NS(=O)(=O)c1ccccc1)C(N)=O.O=C(O)C(F)(F)F.O=C(O)C(F)(F)F.O=C(O)C(F)(F)F. The van der Waals surface area contributed by atoms with E-state index in [1.807, 2.05) is 0 Å². The number of halogens is 9. The predicted molar refractivity (Wildman–Crippen MR) is 101 cm³/mol. The van der Waals surface area contributed by atoms with Crippen LogP contribution in [0.25, 0.3) is 0 Å². The molecule has 37 heavy (non-hydrogen) atoms. The lowest BCUT2D eigenvalue weighted by Crippen LogP contribution is -2.52. The standard InChI is InChI=1S/C10H14N2O3S.3C2HF3O2/c1-10(2,9(11)13)12-16(14,15)8-6-4-3-5-7-8;3*3-2(4,5)1(6)7/h3-7,12H,1-2H3,(H2,11,13);3*(H,6,7). The number of amides is 1. The van der Waals surface area contributed by atoms with Crippen LogP contribution in [0.1, 0.15) is 13.8 Å². The quantitative estimate of drug-likeness (QED) is 0.329. The van der Waals surface area contributed by atoms with Crippen LogP contribution >= 0.6 is 0 Å². The number of nitrogens with two attached hydrogens (primary N) is 1. The topological polar surface area (TPSA) is 201 Å². The Hall–Kier alpha value is -3.62. The summed E-state index contributed by atoms with van der Waals surface area (Å²) in [5.41, 5.74) is 3.78. The molecule has 0 fully saturated rings. The normalized spacial score (nSPS) is 11.8. The molecule has 0 unspecified atom stereocenters. The van der Waals surface area contributed by atoms with Crippen molar-refractivity contribution < 1.29 is 82.4 Å². The van der Waals surface area contributed by atoms with Gasteiger partial charge in [-0.3, -0.25) is 4.79 Å². The molecule has 21 heteroatoms. The summed E-state index contributed by atoms with van der Waals surface area (Å²) >= 11 is 0. The summed E-state index contributed by atoms with van der Waals surface area (Å²) in [5.74, 6) is -9.00. The van der Waals surface area contributed by atoms with Crippen LogP contribution in [0.15, 0.2) is 35.2 Å². The van der Waals surface area contributed by atoms with Crippen molar-refractivity contribution in [1.29, 1.82) is 0 Å². The van der Waals surface area contributed by atoms with Gasteiger partial charge in [0.2, 0.25) is 15.9 Å². The average Bonchev–Trinajstić information content (AvgIpc) is 2.67. The van der Waals surface area contributed by atoms with E-state index < -0.39 is 57.9 Å². The van der Waals surface area contributed by atoms with E-state index in [0.29, 0.717) is 0 Å². The van der Waals surface area contributed by atoms with Crippen molar-refractivity contribution in [3.63, 3.8) is 0 Å². The van der Waals surface area contributed by atoms with Gasteiger partial charge in [-0.05, 0) is 26.0 Å². The number of carboxylic acid groups (broad SMARTS) is 3. The molecule has 1 rings (SSSR count). The molecular weight excluding hydrogens is 567 g/mol. The van der Waals surface area contributed by atoms with Crippen LogP contribution in [0, 0.1) is 0 Å². The Morgan fingerprint density at radius 3 is 1.14 bits per heavy atom. The van der Waals surface area contributed by atoms with Gasteiger partial charge in [0.15, 0.2) is 0 Å². The first-order valence-corrected chi connectivity index (χ1v) is 9.86. The number of aliphatic carboxylic acids is 3. The predicted octanol–water partition coefficient (Wildman–Crippen LogP) is 2.13. The molecule has 0 aliphatic carbocycles. The van der Waals surface area contributed by atoms with Crippen LogP contribution in [-0.2, 0) is 29.2 Å². The summed E-state index contributed by atoms with van der Waals surface area (Å²) < 4.78 is 121. The highest BCUT2D eigenvalue weighted by molar-refractivity contribution is 7.89. The number of rotatable bonds is 4. The largest absolute Gasteiger partial charge is 0.490 e. The maximum absolute atomic E-state index is 11.8. The number of benzene rings is 1. The molecule has 6 N–H and O–H groups in total. The Kier molecular flexibility index (Phi) is 14.6. The van der Waals surface area contributed by atoms with E-state index in [-0.39, 0.29) is 4.90 Å². The lowest BCUT2D eigenvalue weighted by Gasteiger charge is -2.21. The molecule has 1 aromatic rings. The van der Waals surface area contributed by atoms with Crippen molar-refractivity contribution in [1.82, 2.24) is 4.72 Å². The molecule has 214 valence electrons. The zero-order valence-electron chi connectivity index (χ0n) is 18.1. The molecule has 0 saturated carbocycles. The van der Waals surface area contributed by atoms with E-state index in [0.717, 1.165) is 0 Å². The minimum absolute atomic E-state index is 0.101. The van der Waals surface area contributed by atoms with Crippen molar-refractivity contribution in [2.75, 3.05) is 0 Å². The number of carbonyl (C=O) groups is 4. The summed E-state index contributed by atoms with van der Waals surface area (Å²) in [5, 5.41) is 21.4. The van der Waals surface area contributed by atoms with Gasteiger partial charge in [-0.25, -0.2) is 22.8 Å². The molecule has 1 amide bonds. The average molecular weight is 584 g/mol. The van der Waals surface area contributed by atoms with E-state index in [1.165, 1.54) is 26.0 Å². The van der Waals surface area contributed by atoms with Gasteiger partial charge in [0.05, 0.1) is 4.90 Å². The zero-order valence-corrected chi connectivity index (χ0v) is 18.9. The molecule has 0 aliphatic heterocycles.